The molecule has 3 rings (SSSR count). The van der Waals surface area contributed by atoms with Crippen molar-refractivity contribution >= 4 is 11.4 Å². The largest absolute Gasteiger partial charge is 0.387 e. The quantitative estimate of drug-likeness (QED) is 0.795. The Kier molecular flexibility index (Phi) is 3.78. The van der Waals surface area contributed by atoms with E-state index in [0.717, 1.165) is 16.9 Å². The van der Waals surface area contributed by atoms with Crippen molar-refractivity contribution in [1.82, 2.24) is 0 Å². The maximum Gasteiger partial charge on any atom is 0.0940 e. The number of rotatable bonds is 3. The molecule has 0 fully saturated rings. The molecule has 0 aromatic heterocycles. The number of para-hydroxylation sites is 2. The molecule has 1 aliphatic heterocycles. The average molecular weight is 325 g/mol. The van der Waals surface area contributed by atoms with Crippen molar-refractivity contribution in [2.24, 2.45) is 0 Å². The number of benzene rings is 2. The third-order valence-corrected chi connectivity index (χ3v) is 5.54. The fourth-order valence-electron chi connectivity index (χ4n) is 3.42. The van der Waals surface area contributed by atoms with Gasteiger partial charge in [0.25, 0.3) is 0 Å². The van der Waals surface area contributed by atoms with Gasteiger partial charge in [0.15, 0.2) is 0 Å². The second-order valence-corrected chi connectivity index (χ2v) is 8.14. The van der Waals surface area contributed by atoms with Gasteiger partial charge in [0.1, 0.15) is 0 Å². The number of fused-ring (bicyclic) bond motifs is 2. The summed E-state index contributed by atoms with van der Waals surface area (Å²) < 4.78 is 0. The number of hydrogen-bond acceptors (Lipinski definition) is 3. The molecule has 2 aromatic rings. The summed E-state index contributed by atoms with van der Waals surface area (Å²) in [5, 5.41) is 24.6. The van der Waals surface area contributed by atoms with Crippen molar-refractivity contribution in [2.75, 3.05) is 5.32 Å². The van der Waals surface area contributed by atoms with E-state index in [4.69, 9.17) is 0 Å². The summed E-state index contributed by atoms with van der Waals surface area (Å²) >= 11 is 0. The predicted octanol–water partition coefficient (Wildman–Crippen LogP) is 4.13. The van der Waals surface area contributed by atoms with Crippen LogP contribution >= 0.6 is 0 Å². The Bertz CT molecular complexity index is 770. The monoisotopic (exact) mass is 325 g/mol. The molecule has 3 N–H and O–H groups in total. The second kappa shape index (κ2) is 5.33. The highest BCUT2D eigenvalue weighted by Gasteiger charge is 2.40. The fraction of sp³-hybridized carbons (Fsp3) is 0.429. The van der Waals surface area contributed by atoms with Gasteiger partial charge in [0, 0.05) is 23.2 Å². The molecular weight excluding hydrogens is 298 g/mol. The van der Waals surface area contributed by atoms with Gasteiger partial charge in [-0.2, -0.15) is 0 Å². The molecule has 0 radical (unpaired) electrons. The zero-order valence-corrected chi connectivity index (χ0v) is 15.1. The van der Waals surface area contributed by atoms with Crippen LogP contribution in [0.3, 0.4) is 0 Å². The van der Waals surface area contributed by atoms with Gasteiger partial charge in [-0.15, -0.1) is 0 Å². The maximum absolute atomic E-state index is 10.8. The Labute approximate surface area is 144 Å². The molecule has 1 atom stereocenters. The lowest BCUT2D eigenvalue weighted by atomic mass is 9.72. The van der Waals surface area contributed by atoms with Crippen molar-refractivity contribution in [2.45, 2.75) is 57.7 Å². The van der Waals surface area contributed by atoms with Crippen LogP contribution < -0.4 is 5.32 Å². The third kappa shape index (κ3) is 2.62. The van der Waals surface area contributed by atoms with Gasteiger partial charge in [-0.05, 0) is 43.5 Å². The molecule has 3 nitrogen and oxygen atoms in total. The summed E-state index contributed by atoms with van der Waals surface area (Å²) in [5.41, 5.74) is 3.13. The molecule has 0 bridgehead atoms. The fourth-order valence-corrected chi connectivity index (χ4v) is 3.42. The topological polar surface area (TPSA) is 52.5 Å². The Morgan fingerprint density at radius 1 is 0.917 bits per heavy atom. The maximum atomic E-state index is 10.8. The van der Waals surface area contributed by atoms with Gasteiger partial charge in [-0.3, -0.25) is 0 Å². The molecule has 24 heavy (non-hydrogen) atoms. The zero-order chi connectivity index (χ0) is 17.8. The van der Waals surface area contributed by atoms with Crippen molar-refractivity contribution < 1.29 is 10.2 Å². The van der Waals surface area contributed by atoms with Crippen LogP contribution in [0.1, 0.15) is 51.3 Å². The number of anilines is 2. The van der Waals surface area contributed by atoms with Crippen LogP contribution in [0.15, 0.2) is 42.5 Å². The first-order chi connectivity index (χ1) is 11.0. The number of nitrogens with one attached hydrogen (secondary N) is 1. The lowest BCUT2D eigenvalue weighted by Crippen LogP contribution is -2.49. The van der Waals surface area contributed by atoms with Gasteiger partial charge < -0.3 is 15.5 Å². The minimum absolute atomic E-state index is 0.117. The number of aliphatic hydroxyl groups is 2. The first-order valence-electron chi connectivity index (χ1n) is 8.48. The first kappa shape index (κ1) is 17.0. The van der Waals surface area contributed by atoms with Crippen LogP contribution in [0.25, 0.3) is 0 Å². The Morgan fingerprint density at radius 2 is 1.54 bits per heavy atom. The van der Waals surface area contributed by atoms with E-state index in [0.29, 0.717) is 6.42 Å². The van der Waals surface area contributed by atoms with Gasteiger partial charge in [-0.25, -0.2) is 0 Å². The SMILES string of the molecule is CC1(C)c2ccccc2Nc2c(CC(C)(O)C(C)(C)O)cccc21. The Balaban J connectivity index is 2.10. The van der Waals surface area contributed by atoms with Gasteiger partial charge in [-0.1, -0.05) is 50.2 Å². The molecule has 2 aromatic carbocycles. The van der Waals surface area contributed by atoms with E-state index in [9.17, 15) is 10.2 Å². The molecule has 128 valence electrons. The minimum Gasteiger partial charge on any atom is -0.387 e. The highest BCUT2D eigenvalue weighted by atomic mass is 16.3. The lowest BCUT2D eigenvalue weighted by Gasteiger charge is -2.39. The molecule has 1 unspecified atom stereocenters. The summed E-state index contributed by atoms with van der Waals surface area (Å²) in [6.45, 7) is 9.44. The smallest absolute Gasteiger partial charge is 0.0940 e. The molecule has 0 aliphatic carbocycles. The van der Waals surface area contributed by atoms with E-state index in [-0.39, 0.29) is 5.41 Å². The van der Waals surface area contributed by atoms with E-state index in [1.165, 1.54) is 11.1 Å². The Morgan fingerprint density at radius 3 is 2.21 bits per heavy atom. The van der Waals surface area contributed by atoms with E-state index in [1.54, 1.807) is 20.8 Å². The standard InChI is InChI=1S/C21H27NO2/c1-19(2)15-10-6-7-12-17(15)22-18-14(9-8-11-16(18)19)13-21(5,24)20(3,4)23/h6-12,22-24H,13H2,1-5H3. The van der Waals surface area contributed by atoms with E-state index in [2.05, 4.69) is 43.4 Å². The van der Waals surface area contributed by atoms with Crippen LogP contribution in [-0.2, 0) is 11.8 Å². The van der Waals surface area contributed by atoms with Gasteiger partial charge in [0.2, 0.25) is 0 Å². The van der Waals surface area contributed by atoms with Crippen molar-refractivity contribution in [3.63, 3.8) is 0 Å². The molecular formula is C21H27NO2. The van der Waals surface area contributed by atoms with Gasteiger partial charge >= 0.3 is 0 Å². The Hall–Kier alpha value is -1.84. The van der Waals surface area contributed by atoms with Crippen LogP contribution in [0.2, 0.25) is 0 Å². The zero-order valence-electron chi connectivity index (χ0n) is 15.1. The van der Waals surface area contributed by atoms with Crippen LogP contribution in [-0.4, -0.2) is 21.4 Å². The summed E-state index contributed by atoms with van der Waals surface area (Å²) in [6, 6.07) is 14.5. The molecule has 0 saturated heterocycles. The summed E-state index contributed by atoms with van der Waals surface area (Å²) in [4.78, 5) is 0. The first-order valence-corrected chi connectivity index (χ1v) is 8.48. The van der Waals surface area contributed by atoms with Crippen molar-refractivity contribution in [3.8, 4) is 0 Å². The third-order valence-electron chi connectivity index (χ3n) is 5.54. The normalized spacial score (nSPS) is 18.1. The molecule has 3 heteroatoms. The lowest BCUT2D eigenvalue weighted by molar-refractivity contribution is -0.118. The summed E-state index contributed by atoms with van der Waals surface area (Å²) in [5.74, 6) is 0. The molecule has 1 heterocycles. The van der Waals surface area contributed by atoms with Crippen LogP contribution in [0, 0.1) is 0 Å². The molecule has 1 aliphatic rings. The minimum atomic E-state index is -1.22. The van der Waals surface area contributed by atoms with Crippen molar-refractivity contribution in [3.05, 3.63) is 59.2 Å². The summed E-state index contributed by atoms with van der Waals surface area (Å²) in [7, 11) is 0. The summed E-state index contributed by atoms with van der Waals surface area (Å²) in [6.07, 6.45) is 0.380. The van der Waals surface area contributed by atoms with E-state index < -0.39 is 11.2 Å². The highest BCUT2D eigenvalue weighted by Crippen LogP contribution is 2.47. The second-order valence-electron chi connectivity index (χ2n) is 8.14. The van der Waals surface area contributed by atoms with E-state index >= 15 is 0 Å². The van der Waals surface area contributed by atoms with E-state index in [1.807, 2.05) is 18.2 Å². The molecule has 0 amide bonds. The highest BCUT2D eigenvalue weighted by molar-refractivity contribution is 5.77. The molecule has 0 spiro atoms. The van der Waals surface area contributed by atoms with Crippen molar-refractivity contribution in [1.29, 1.82) is 0 Å². The predicted molar refractivity (Wildman–Crippen MR) is 98.9 cm³/mol. The van der Waals surface area contributed by atoms with Crippen LogP contribution in [0.5, 0.6) is 0 Å². The average Bonchev–Trinajstić information content (AvgIpc) is 2.47. The molecule has 0 saturated carbocycles. The van der Waals surface area contributed by atoms with Gasteiger partial charge in [0.05, 0.1) is 11.2 Å². The van der Waals surface area contributed by atoms with Crippen LogP contribution in [0.4, 0.5) is 11.4 Å². The number of hydrogen-bond donors (Lipinski definition) is 3.